The smallest absolute Gasteiger partial charge is 0.412 e. The van der Waals surface area contributed by atoms with Gasteiger partial charge in [-0.2, -0.15) is 0 Å². The Balaban J connectivity index is 2.33. The van der Waals surface area contributed by atoms with Crippen LogP contribution in [0.1, 0.15) is 32.8 Å². The van der Waals surface area contributed by atoms with Gasteiger partial charge in [-0.15, -0.1) is 0 Å². The molecule has 0 aromatic heterocycles. The van der Waals surface area contributed by atoms with Crippen molar-refractivity contribution in [3.63, 3.8) is 0 Å². The van der Waals surface area contributed by atoms with E-state index in [2.05, 4.69) is 5.32 Å². The van der Waals surface area contributed by atoms with E-state index in [1.165, 1.54) is 0 Å². The lowest BCUT2D eigenvalue weighted by Gasteiger charge is -2.19. The first kappa shape index (κ1) is 17.5. The molecule has 0 atom stereocenters. The van der Waals surface area contributed by atoms with Crippen LogP contribution in [-0.4, -0.2) is 30.1 Å². The van der Waals surface area contributed by atoms with Crippen molar-refractivity contribution in [2.24, 2.45) is 0 Å². The topological polar surface area (TPSA) is 114 Å². The summed E-state index contributed by atoms with van der Waals surface area (Å²) in [5.74, 6) is -0.559. The van der Waals surface area contributed by atoms with Gasteiger partial charge in [0.05, 0.1) is 6.42 Å². The third-order valence-electron chi connectivity index (χ3n) is 2.39. The molecule has 0 aliphatic rings. The number of hydrogen-bond acceptors (Lipinski definition) is 6. The van der Waals surface area contributed by atoms with Gasteiger partial charge in [0, 0.05) is 11.3 Å². The second-order valence-corrected chi connectivity index (χ2v) is 5.59. The summed E-state index contributed by atoms with van der Waals surface area (Å²) < 4.78 is 9.90. The fraction of sp³-hybridized carbons (Fsp3) is 0.400. The minimum atomic E-state index is -0.801. The van der Waals surface area contributed by atoms with Crippen LogP contribution in [0, 0.1) is 5.41 Å². The molecule has 7 heteroatoms. The third-order valence-corrected chi connectivity index (χ3v) is 2.39. The van der Waals surface area contributed by atoms with Gasteiger partial charge in [-0.1, -0.05) is 0 Å². The average molecular weight is 307 g/mol. The average Bonchev–Trinajstić information content (AvgIpc) is 2.37. The zero-order valence-corrected chi connectivity index (χ0v) is 12.9. The Kier molecular flexibility index (Phi) is 5.91. The number of carbonyl (C=O) groups excluding carboxylic acids is 2. The molecule has 7 nitrogen and oxygen atoms in total. The lowest BCUT2D eigenvalue weighted by molar-refractivity contribution is -0.155. The summed E-state index contributed by atoms with van der Waals surface area (Å²) in [6.07, 6.45) is -0.842. The summed E-state index contributed by atoms with van der Waals surface area (Å²) >= 11 is 0. The van der Waals surface area contributed by atoms with E-state index in [-0.39, 0.29) is 18.9 Å². The van der Waals surface area contributed by atoms with E-state index in [9.17, 15) is 9.59 Å². The van der Waals surface area contributed by atoms with Crippen LogP contribution < -0.4 is 11.1 Å². The summed E-state index contributed by atoms with van der Waals surface area (Å²) in [6, 6.07) is 6.47. The standard InChI is InChI=1S/C15H21N3O4/c1-15(2,3)22-12(19)8-9-21-14(20)18-13(17)10-4-6-11(16)7-5-10/h4-7H,8-9,16H2,1-3H3,(H2,17,18,20). The summed E-state index contributed by atoms with van der Waals surface area (Å²) in [5, 5.41) is 9.99. The zero-order chi connectivity index (χ0) is 16.8. The molecule has 0 bridgehead atoms. The van der Waals surface area contributed by atoms with Crippen molar-refractivity contribution in [3.05, 3.63) is 29.8 Å². The van der Waals surface area contributed by atoms with Crippen LogP contribution in [0.25, 0.3) is 0 Å². The lowest BCUT2D eigenvalue weighted by Crippen LogP contribution is -2.32. The fourth-order valence-electron chi connectivity index (χ4n) is 1.48. The molecule has 0 fully saturated rings. The summed E-state index contributed by atoms with van der Waals surface area (Å²) in [7, 11) is 0. The van der Waals surface area contributed by atoms with Crippen molar-refractivity contribution in [1.29, 1.82) is 5.41 Å². The van der Waals surface area contributed by atoms with Gasteiger partial charge in [-0.25, -0.2) is 4.79 Å². The van der Waals surface area contributed by atoms with Gasteiger partial charge >= 0.3 is 12.1 Å². The number of carbonyl (C=O) groups is 2. The van der Waals surface area contributed by atoms with Gasteiger partial charge in [0.2, 0.25) is 0 Å². The first-order valence-corrected chi connectivity index (χ1v) is 6.77. The van der Waals surface area contributed by atoms with E-state index >= 15 is 0 Å². The minimum Gasteiger partial charge on any atom is -0.460 e. The highest BCUT2D eigenvalue weighted by atomic mass is 16.6. The monoisotopic (exact) mass is 307 g/mol. The van der Waals surface area contributed by atoms with Crippen molar-refractivity contribution in [3.8, 4) is 0 Å². The predicted molar refractivity (Wildman–Crippen MR) is 82.6 cm³/mol. The van der Waals surface area contributed by atoms with E-state index in [0.29, 0.717) is 11.3 Å². The molecular weight excluding hydrogens is 286 g/mol. The number of nitrogen functional groups attached to an aromatic ring is 1. The highest BCUT2D eigenvalue weighted by Crippen LogP contribution is 2.08. The third kappa shape index (κ3) is 6.74. The molecule has 0 saturated carbocycles. The summed E-state index contributed by atoms with van der Waals surface area (Å²) in [6.45, 7) is 5.15. The number of nitrogens with one attached hydrogen (secondary N) is 2. The second-order valence-electron chi connectivity index (χ2n) is 5.59. The molecule has 0 spiro atoms. The highest BCUT2D eigenvalue weighted by Gasteiger charge is 2.16. The number of rotatable bonds is 4. The number of hydrogen-bond donors (Lipinski definition) is 3. The molecule has 1 amide bonds. The molecule has 0 aliphatic heterocycles. The molecule has 120 valence electrons. The van der Waals surface area contributed by atoms with Crippen molar-refractivity contribution < 1.29 is 19.1 Å². The number of esters is 1. The molecule has 4 N–H and O–H groups in total. The second kappa shape index (κ2) is 7.44. The largest absolute Gasteiger partial charge is 0.460 e. The number of amidine groups is 1. The van der Waals surface area contributed by atoms with Crippen LogP contribution in [-0.2, 0) is 14.3 Å². The Bertz CT molecular complexity index is 547. The molecule has 22 heavy (non-hydrogen) atoms. The number of anilines is 1. The van der Waals surface area contributed by atoms with Crippen LogP contribution in [0.15, 0.2) is 24.3 Å². The van der Waals surface area contributed by atoms with E-state index in [4.69, 9.17) is 20.6 Å². The van der Waals surface area contributed by atoms with Gasteiger partial charge in [0.25, 0.3) is 0 Å². The van der Waals surface area contributed by atoms with Crippen LogP contribution in [0.2, 0.25) is 0 Å². The Morgan fingerprint density at radius 1 is 1.23 bits per heavy atom. The van der Waals surface area contributed by atoms with Crippen molar-refractivity contribution >= 4 is 23.6 Å². The Morgan fingerprint density at radius 2 is 1.82 bits per heavy atom. The Morgan fingerprint density at radius 3 is 2.36 bits per heavy atom. The van der Waals surface area contributed by atoms with Gasteiger partial charge in [-0.3, -0.25) is 15.5 Å². The zero-order valence-electron chi connectivity index (χ0n) is 12.9. The number of benzene rings is 1. The predicted octanol–water partition coefficient (Wildman–Crippen LogP) is 2.05. The van der Waals surface area contributed by atoms with Gasteiger partial charge in [0.15, 0.2) is 0 Å². The first-order chi connectivity index (χ1) is 10.2. The molecule has 0 radical (unpaired) electrons. The van der Waals surface area contributed by atoms with E-state index < -0.39 is 17.7 Å². The number of ether oxygens (including phenoxy) is 2. The first-order valence-electron chi connectivity index (χ1n) is 6.77. The molecule has 0 unspecified atom stereocenters. The molecule has 0 aliphatic carbocycles. The fourth-order valence-corrected chi connectivity index (χ4v) is 1.48. The molecule has 0 saturated heterocycles. The summed E-state index contributed by atoms with van der Waals surface area (Å²) in [5.41, 5.74) is 6.03. The molecule has 0 heterocycles. The maximum Gasteiger partial charge on any atom is 0.412 e. The number of alkyl carbamates (subject to hydrolysis) is 1. The van der Waals surface area contributed by atoms with Gasteiger partial charge in [-0.05, 0) is 45.0 Å². The molecule has 1 aromatic rings. The molecule has 1 aromatic carbocycles. The Hall–Kier alpha value is -2.57. The SMILES string of the molecule is CC(C)(C)OC(=O)CCOC(=O)NC(=N)c1ccc(N)cc1. The van der Waals surface area contributed by atoms with E-state index in [1.54, 1.807) is 45.0 Å². The van der Waals surface area contributed by atoms with Crippen LogP contribution in [0.4, 0.5) is 10.5 Å². The molecular formula is C15H21N3O4. The quantitative estimate of drug-likeness (QED) is 0.341. The Labute approximate surface area is 129 Å². The summed E-state index contributed by atoms with van der Waals surface area (Å²) in [4.78, 5) is 22.9. The van der Waals surface area contributed by atoms with Crippen molar-refractivity contribution in [2.75, 3.05) is 12.3 Å². The van der Waals surface area contributed by atoms with Crippen molar-refractivity contribution in [2.45, 2.75) is 32.8 Å². The van der Waals surface area contributed by atoms with Gasteiger partial charge < -0.3 is 15.2 Å². The molecule has 1 rings (SSSR count). The van der Waals surface area contributed by atoms with Gasteiger partial charge in [0.1, 0.15) is 18.0 Å². The maximum atomic E-state index is 11.5. The van der Waals surface area contributed by atoms with Crippen LogP contribution in [0.3, 0.4) is 0 Å². The lowest BCUT2D eigenvalue weighted by atomic mass is 10.2. The van der Waals surface area contributed by atoms with E-state index in [0.717, 1.165) is 0 Å². The number of amides is 1. The maximum absolute atomic E-state index is 11.5. The van der Waals surface area contributed by atoms with Crippen molar-refractivity contribution in [1.82, 2.24) is 5.32 Å². The number of nitrogens with two attached hydrogens (primary N) is 1. The minimum absolute atomic E-state index is 0.0418. The van der Waals surface area contributed by atoms with Crippen LogP contribution in [0.5, 0.6) is 0 Å². The van der Waals surface area contributed by atoms with Crippen LogP contribution >= 0.6 is 0 Å². The normalized spacial score (nSPS) is 10.7. The highest BCUT2D eigenvalue weighted by molar-refractivity contribution is 6.04. The van der Waals surface area contributed by atoms with E-state index in [1.807, 2.05) is 0 Å².